The van der Waals surface area contributed by atoms with Crippen LogP contribution in [0.5, 0.6) is 5.75 Å². The van der Waals surface area contributed by atoms with E-state index in [4.69, 9.17) is 15.7 Å². The Hall–Kier alpha value is -2.48. The van der Waals surface area contributed by atoms with Crippen molar-refractivity contribution in [1.29, 1.82) is 5.26 Å². The molecule has 0 saturated heterocycles. The van der Waals surface area contributed by atoms with Crippen LogP contribution in [-0.4, -0.2) is 16.4 Å². The van der Waals surface area contributed by atoms with Gasteiger partial charge in [-0.15, -0.1) is 0 Å². The molecular weight excluding hydrogens is 228 g/mol. The van der Waals surface area contributed by atoms with E-state index < -0.39 is 0 Å². The predicted molar refractivity (Wildman–Crippen MR) is 68.5 cm³/mol. The number of benzene rings is 1. The Morgan fingerprint density at radius 1 is 1.50 bits per heavy atom. The Morgan fingerprint density at radius 3 is 3.06 bits per heavy atom. The molecule has 0 aliphatic heterocycles. The fourth-order valence-corrected chi connectivity index (χ4v) is 1.58. The summed E-state index contributed by atoms with van der Waals surface area (Å²) in [5.74, 6) is 0.692. The Bertz CT molecular complexity index is 583. The average Bonchev–Trinajstić information content (AvgIpc) is 2.84. The maximum Gasteiger partial charge on any atom is 0.157 e. The maximum absolute atomic E-state index is 9.07. The van der Waals surface area contributed by atoms with Gasteiger partial charge >= 0.3 is 0 Å². The minimum absolute atomic E-state index is 0.486. The number of ether oxygens (including phenoxy) is 1. The molecule has 2 rings (SSSR count). The lowest BCUT2D eigenvalue weighted by Crippen LogP contribution is -1.99. The molecule has 1 heterocycles. The van der Waals surface area contributed by atoms with Crippen LogP contribution < -0.4 is 10.5 Å². The third-order valence-electron chi connectivity index (χ3n) is 2.42. The predicted octanol–water partition coefficient (Wildman–Crippen LogP) is 2.11. The van der Waals surface area contributed by atoms with Gasteiger partial charge in [0.1, 0.15) is 6.07 Å². The SMILES string of the molecule is CCCOc1cnn(-c2ccc(N)cc2C#N)c1. The van der Waals surface area contributed by atoms with Crippen LogP contribution in [0.1, 0.15) is 18.9 Å². The molecule has 0 unspecified atom stereocenters. The highest BCUT2D eigenvalue weighted by molar-refractivity contribution is 5.56. The summed E-state index contributed by atoms with van der Waals surface area (Å²) in [6, 6.07) is 7.24. The van der Waals surface area contributed by atoms with Crippen LogP contribution in [0.4, 0.5) is 5.69 Å². The molecule has 0 aliphatic rings. The fourth-order valence-electron chi connectivity index (χ4n) is 1.58. The minimum atomic E-state index is 0.486. The molecule has 92 valence electrons. The molecule has 0 atom stereocenters. The van der Waals surface area contributed by atoms with Crippen LogP contribution in [0.15, 0.2) is 30.6 Å². The van der Waals surface area contributed by atoms with E-state index in [-0.39, 0.29) is 0 Å². The van der Waals surface area contributed by atoms with Crippen LogP contribution in [0.25, 0.3) is 5.69 Å². The lowest BCUT2D eigenvalue weighted by Gasteiger charge is -2.04. The Morgan fingerprint density at radius 2 is 2.33 bits per heavy atom. The van der Waals surface area contributed by atoms with Crippen molar-refractivity contribution in [2.75, 3.05) is 12.3 Å². The highest BCUT2D eigenvalue weighted by Gasteiger charge is 2.07. The molecule has 0 spiro atoms. The molecule has 2 aromatic rings. The number of nitrogen functional groups attached to an aromatic ring is 1. The summed E-state index contributed by atoms with van der Waals surface area (Å²) in [4.78, 5) is 0. The summed E-state index contributed by atoms with van der Waals surface area (Å²) in [5.41, 5.74) is 7.39. The number of hydrogen-bond acceptors (Lipinski definition) is 4. The first kappa shape index (κ1) is 12.0. The number of hydrogen-bond donors (Lipinski definition) is 1. The number of nitrogens with two attached hydrogens (primary N) is 1. The van der Waals surface area contributed by atoms with Crippen LogP contribution >= 0.6 is 0 Å². The third kappa shape index (κ3) is 2.43. The lowest BCUT2D eigenvalue weighted by molar-refractivity contribution is 0.317. The van der Waals surface area contributed by atoms with Gasteiger partial charge in [-0.1, -0.05) is 6.92 Å². The van der Waals surface area contributed by atoms with Crippen LogP contribution in [0.3, 0.4) is 0 Å². The summed E-state index contributed by atoms with van der Waals surface area (Å²) in [5, 5.41) is 13.3. The van der Waals surface area contributed by atoms with E-state index in [1.807, 2.05) is 6.92 Å². The molecule has 0 aliphatic carbocycles. The molecule has 0 bridgehead atoms. The molecule has 0 fully saturated rings. The standard InChI is InChI=1S/C13H14N4O/c1-2-5-18-12-8-16-17(9-12)13-4-3-11(15)6-10(13)7-14/h3-4,6,8-9H,2,5,15H2,1H3. The molecular formula is C13H14N4O. The third-order valence-corrected chi connectivity index (χ3v) is 2.42. The van der Waals surface area contributed by atoms with Crippen molar-refractivity contribution in [3.05, 3.63) is 36.2 Å². The van der Waals surface area contributed by atoms with Gasteiger partial charge in [0, 0.05) is 5.69 Å². The van der Waals surface area contributed by atoms with Gasteiger partial charge in [-0.25, -0.2) is 4.68 Å². The second-order valence-electron chi connectivity index (χ2n) is 3.86. The smallest absolute Gasteiger partial charge is 0.157 e. The van der Waals surface area contributed by atoms with E-state index in [1.165, 1.54) is 0 Å². The Balaban J connectivity index is 2.31. The van der Waals surface area contributed by atoms with Gasteiger partial charge in [-0.05, 0) is 24.6 Å². The summed E-state index contributed by atoms with van der Waals surface area (Å²) >= 11 is 0. The first-order valence-corrected chi connectivity index (χ1v) is 5.72. The molecule has 0 saturated carbocycles. The van der Waals surface area contributed by atoms with Crippen molar-refractivity contribution < 1.29 is 4.74 Å². The summed E-state index contributed by atoms with van der Waals surface area (Å²) < 4.78 is 7.08. The van der Waals surface area contributed by atoms with Crippen molar-refractivity contribution in [3.63, 3.8) is 0 Å². The van der Waals surface area contributed by atoms with E-state index in [1.54, 1.807) is 35.3 Å². The number of anilines is 1. The molecule has 2 N–H and O–H groups in total. The molecule has 0 amide bonds. The van der Waals surface area contributed by atoms with Gasteiger partial charge < -0.3 is 10.5 Å². The number of nitrogens with zero attached hydrogens (tertiary/aromatic N) is 3. The molecule has 5 nitrogen and oxygen atoms in total. The van der Waals surface area contributed by atoms with E-state index >= 15 is 0 Å². The maximum atomic E-state index is 9.07. The van der Waals surface area contributed by atoms with Crippen LogP contribution in [0, 0.1) is 11.3 Å². The topological polar surface area (TPSA) is 76.9 Å². The zero-order valence-corrected chi connectivity index (χ0v) is 10.1. The zero-order chi connectivity index (χ0) is 13.0. The van der Waals surface area contributed by atoms with Gasteiger partial charge in [0.25, 0.3) is 0 Å². The molecule has 5 heteroatoms. The second-order valence-corrected chi connectivity index (χ2v) is 3.86. The number of nitriles is 1. The normalized spacial score (nSPS) is 10.0. The summed E-state index contributed by atoms with van der Waals surface area (Å²) in [7, 11) is 0. The highest BCUT2D eigenvalue weighted by Crippen LogP contribution is 2.19. The van der Waals surface area contributed by atoms with E-state index in [0.29, 0.717) is 29.3 Å². The second kappa shape index (κ2) is 5.23. The molecule has 0 radical (unpaired) electrons. The zero-order valence-electron chi connectivity index (χ0n) is 10.1. The first-order valence-electron chi connectivity index (χ1n) is 5.72. The fraction of sp³-hybridized carbons (Fsp3) is 0.231. The van der Waals surface area contributed by atoms with Gasteiger partial charge in [0.05, 0.1) is 30.3 Å². The largest absolute Gasteiger partial charge is 0.490 e. The lowest BCUT2D eigenvalue weighted by atomic mass is 10.2. The quantitative estimate of drug-likeness (QED) is 0.833. The van der Waals surface area contributed by atoms with Crippen molar-refractivity contribution in [1.82, 2.24) is 9.78 Å². The van der Waals surface area contributed by atoms with E-state index in [0.717, 1.165) is 6.42 Å². The van der Waals surface area contributed by atoms with Crippen molar-refractivity contribution in [2.45, 2.75) is 13.3 Å². The number of aromatic nitrogens is 2. The van der Waals surface area contributed by atoms with Crippen molar-refractivity contribution >= 4 is 5.69 Å². The average molecular weight is 242 g/mol. The van der Waals surface area contributed by atoms with Gasteiger partial charge in [-0.2, -0.15) is 10.4 Å². The number of rotatable bonds is 4. The van der Waals surface area contributed by atoms with E-state index in [2.05, 4.69) is 11.2 Å². The van der Waals surface area contributed by atoms with Gasteiger partial charge in [0.2, 0.25) is 0 Å². The summed E-state index contributed by atoms with van der Waals surface area (Å²) in [6.45, 7) is 2.69. The van der Waals surface area contributed by atoms with Gasteiger partial charge in [0.15, 0.2) is 5.75 Å². The van der Waals surface area contributed by atoms with Crippen molar-refractivity contribution in [3.8, 4) is 17.5 Å². The van der Waals surface area contributed by atoms with Crippen LogP contribution in [-0.2, 0) is 0 Å². The summed E-state index contributed by atoms with van der Waals surface area (Å²) in [6.07, 6.45) is 4.33. The highest BCUT2D eigenvalue weighted by atomic mass is 16.5. The Kier molecular flexibility index (Phi) is 3.49. The van der Waals surface area contributed by atoms with Crippen LogP contribution in [0.2, 0.25) is 0 Å². The molecule has 18 heavy (non-hydrogen) atoms. The molecule has 1 aromatic carbocycles. The monoisotopic (exact) mass is 242 g/mol. The Labute approximate surface area is 105 Å². The van der Waals surface area contributed by atoms with E-state index in [9.17, 15) is 0 Å². The van der Waals surface area contributed by atoms with Gasteiger partial charge in [-0.3, -0.25) is 0 Å². The van der Waals surface area contributed by atoms with Crippen molar-refractivity contribution in [2.24, 2.45) is 0 Å². The first-order chi connectivity index (χ1) is 8.74. The molecule has 1 aromatic heterocycles. The minimum Gasteiger partial charge on any atom is -0.490 e.